The van der Waals surface area contributed by atoms with Crippen LogP contribution >= 0.6 is 0 Å². The van der Waals surface area contributed by atoms with Crippen LogP contribution < -0.4 is 5.32 Å². The molecule has 0 spiro atoms. The highest BCUT2D eigenvalue weighted by atomic mass is 16.5. The second-order valence-corrected chi connectivity index (χ2v) is 6.87. The second kappa shape index (κ2) is 4.67. The monoisotopic (exact) mass is 247 g/mol. The Kier molecular flexibility index (Phi) is 3.52. The molecular weight excluding hydrogens is 222 g/mol. The van der Waals surface area contributed by atoms with Gasteiger partial charge in [0.2, 0.25) is 0 Å². The van der Waals surface area contributed by atoms with Crippen molar-refractivity contribution >= 4 is 0 Å². The van der Waals surface area contributed by atoms with Crippen LogP contribution in [0.5, 0.6) is 0 Å². The maximum Gasteiger partial charge on any atom is 0.0957 e. The Morgan fingerprint density at radius 2 is 1.78 bits per heavy atom. The first kappa shape index (κ1) is 13.6. The molecule has 0 bridgehead atoms. The molecule has 0 amide bonds. The van der Waals surface area contributed by atoms with Crippen molar-refractivity contribution in [2.45, 2.75) is 51.7 Å². The molecule has 1 aromatic rings. The maximum absolute atomic E-state index is 6.12. The van der Waals surface area contributed by atoms with E-state index in [4.69, 9.17) is 4.74 Å². The van der Waals surface area contributed by atoms with Crippen LogP contribution in [-0.2, 0) is 10.2 Å². The van der Waals surface area contributed by atoms with Crippen LogP contribution in [0.4, 0.5) is 0 Å². The van der Waals surface area contributed by atoms with E-state index in [0.717, 1.165) is 13.1 Å². The van der Waals surface area contributed by atoms with E-state index in [9.17, 15) is 0 Å². The minimum atomic E-state index is -0.0778. The van der Waals surface area contributed by atoms with Crippen LogP contribution in [0.3, 0.4) is 0 Å². The molecule has 0 aromatic heterocycles. The zero-order valence-electron chi connectivity index (χ0n) is 12.2. The third kappa shape index (κ3) is 3.12. The third-order valence-electron chi connectivity index (χ3n) is 3.49. The van der Waals surface area contributed by atoms with E-state index in [-0.39, 0.29) is 17.1 Å². The summed E-state index contributed by atoms with van der Waals surface area (Å²) in [4.78, 5) is 0. The van der Waals surface area contributed by atoms with Crippen LogP contribution in [0.1, 0.15) is 51.8 Å². The minimum absolute atomic E-state index is 0.0778. The molecule has 1 aliphatic rings. The molecule has 0 saturated carbocycles. The maximum atomic E-state index is 6.12. The summed E-state index contributed by atoms with van der Waals surface area (Å²) >= 11 is 0. The van der Waals surface area contributed by atoms with Gasteiger partial charge in [0.25, 0.3) is 0 Å². The normalized spacial score (nSPS) is 23.9. The van der Waals surface area contributed by atoms with Crippen molar-refractivity contribution in [2.75, 3.05) is 13.1 Å². The fourth-order valence-corrected chi connectivity index (χ4v) is 2.36. The number of hydrogen-bond acceptors (Lipinski definition) is 2. The first-order valence-electron chi connectivity index (χ1n) is 6.77. The summed E-state index contributed by atoms with van der Waals surface area (Å²) in [5.41, 5.74) is 2.77. The largest absolute Gasteiger partial charge is 0.365 e. The molecule has 0 radical (unpaired) electrons. The lowest BCUT2D eigenvalue weighted by atomic mass is 9.86. The molecule has 1 aliphatic heterocycles. The molecule has 1 heterocycles. The average Bonchev–Trinajstić information content (AvgIpc) is 2.27. The van der Waals surface area contributed by atoms with E-state index >= 15 is 0 Å². The smallest absolute Gasteiger partial charge is 0.0957 e. The van der Waals surface area contributed by atoms with Gasteiger partial charge in [-0.25, -0.2) is 0 Å². The summed E-state index contributed by atoms with van der Waals surface area (Å²) in [6.45, 7) is 12.8. The lowest BCUT2D eigenvalue weighted by molar-refractivity contribution is -0.0958. The van der Waals surface area contributed by atoms with Crippen molar-refractivity contribution in [3.63, 3.8) is 0 Å². The summed E-state index contributed by atoms with van der Waals surface area (Å²) in [7, 11) is 0. The van der Waals surface area contributed by atoms with Gasteiger partial charge in [-0.05, 0) is 30.4 Å². The molecule has 1 atom stereocenters. The Bertz CT molecular complexity index is 400. The summed E-state index contributed by atoms with van der Waals surface area (Å²) in [6, 6.07) is 8.85. The van der Waals surface area contributed by atoms with E-state index in [0.29, 0.717) is 0 Å². The molecule has 1 saturated heterocycles. The van der Waals surface area contributed by atoms with Gasteiger partial charge in [0.15, 0.2) is 0 Å². The van der Waals surface area contributed by atoms with Crippen LogP contribution in [0.25, 0.3) is 0 Å². The highest BCUT2D eigenvalue weighted by molar-refractivity contribution is 5.29. The van der Waals surface area contributed by atoms with Crippen molar-refractivity contribution in [2.24, 2.45) is 0 Å². The highest BCUT2D eigenvalue weighted by Crippen LogP contribution is 2.29. The second-order valence-electron chi connectivity index (χ2n) is 6.87. The number of rotatable bonds is 1. The lowest BCUT2D eigenvalue weighted by Gasteiger charge is -2.37. The van der Waals surface area contributed by atoms with Gasteiger partial charge in [-0.2, -0.15) is 0 Å². The lowest BCUT2D eigenvalue weighted by Crippen LogP contribution is -2.46. The van der Waals surface area contributed by atoms with E-state index in [1.54, 1.807) is 0 Å². The molecule has 1 unspecified atom stereocenters. The Hall–Kier alpha value is -0.860. The minimum Gasteiger partial charge on any atom is -0.365 e. The molecule has 1 aromatic carbocycles. The fourth-order valence-electron chi connectivity index (χ4n) is 2.36. The standard InChI is InChI=1S/C16H25NO/c1-15(2,3)13-8-6-12(7-9-13)14-10-17-11-16(4,5)18-14/h6-9,14,17H,10-11H2,1-5H3. The summed E-state index contributed by atoms with van der Waals surface area (Å²) < 4.78 is 6.12. The van der Waals surface area contributed by atoms with E-state index in [1.165, 1.54) is 11.1 Å². The summed E-state index contributed by atoms with van der Waals surface area (Å²) in [5, 5.41) is 3.44. The molecule has 0 aliphatic carbocycles. The first-order valence-corrected chi connectivity index (χ1v) is 6.77. The van der Waals surface area contributed by atoms with Gasteiger partial charge in [-0.15, -0.1) is 0 Å². The van der Waals surface area contributed by atoms with E-state index in [1.807, 2.05) is 0 Å². The van der Waals surface area contributed by atoms with Crippen molar-refractivity contribution in [1.82, 2.24) is 5.32 Å². The van der Waals surface area contributed by atoms with E-state index < -0.39 is 0 Å². The molecular formula is C16H25NO. The van der Waals surface area contributed by atoms with Crippen molar-refractivity contribution in [3.05, 3.63) is 35.4 Å². The predicted octanol–water partition coefficient (Wildman–Crippen LogP) is 3.42. The van der Waals surface area contributed by atoms with Crippen LogP contribution in [-0.4, -0.2) is 18.7 Å². The average molecular weight is 247 g/mol. The number of benzene rings is 1. The van der Waals surface area contributed by atoms with Gasteiger partial charge in [0.05, 0.1) is 11.7 Å². The summed E-state index contributed by atoms with van der Waals surface area (Å²) in [5.74, 6) is 0. The topological polar surface area (TPSA) is 21.3 Å². The molecule has 1 N–H and O–H groups in total. The van der Waals surface area contributed by atoms with Crippen LogP contribution in [0.15, 0.2) is 24.3 Å². The van der Waals surface area contributed by atoms with Gasteiger partial charge >= 0.3 is 0 Å². The molecule has 100 valence electrons. The Balaban J connectivity index is 2.15. The van der Waals surface area contributed by atoms with E-state index in [2.05, 4.69) is 64.2 Å². The van der Waals surface area contributed by atoms with Gasteiger partial charge in [-0.3, -0.25) is 0 Å². The molecule has 2 rings (SSSR count). The predicted molar refractivity (Wildman–Crippen MR) is 75.9 cm³/mol. The summed E-state index contributed by atoms with van der Waals surface area (Å²) in [6.07, 6.45) is 0.169. The number of nitrogens with one attached hydrogen (secondary N) is 1. The first-order chi connectivity index (χ1) is 8.28. The Morgan fingerprint density at radius 3 is 2.28 bits per heavy atom. The number of hydrogen-bond donors (Lipinski definition) is 1. The molecule has 1 fully saturated rings. The van der Waals surface area contributed by atoms with Gasteiger partial charge in [0.1, 0.15) is 0 Å². The van der Waals surface area contributed by atoms with Gasteiger partial charge in [0, 0.05) is 13.1 Å². The Labute approximate surface area is 111 Å². The zero-order valence-corrected chi connectivity index (χ0v) is 12.2. The third-order valence-corrected chi connectivity index (χ3v) is 3.49. The SMILES string of the molecule is CC1(C)CNCC(c2ccc(C(C)(C)C)cc2)O1. The van der Waals surface area contributed by atoms with Crippen LogP contribution in [0.2, 0.25) is 0 Å². The number of morpholine rings is 1. The van der Waals surface area contributed by atoms with Gasteiger partial charge < -0.3 is 10.1 Å². The van der Waals surface area contributed by atoms with Crippen molar-refractivity contribution in [3.8, 4) is 0 Å². The quantitative estimate of drug-likeness (QED) is 0.821. The van der Waals surface area contributed by atoms with Gasteiger partial charge in [-0.1, -0.05) is 45.0 Å². The highest BCUT2D eigenvalue weighted by Gasteiger charge is 2.29. The van der Waals surface area contributed by atoms with Crippen molar-refractivity contribution in [1.29, 1.82) is 0 Å². The molecule has 18 heavy (non-hydrogen) atoms. The molecule has 2 nitrogen and oxygen atoms in total. The Morgan fingerprint density at radius 1 is 1.17 bits per heavy atom. The zero-order chi connectivity index (χ0) is 13.4. The number of ether oxygens (including phenoxy) is 1. The molecule has 2 heteroatoms. The van der Waals surface area contributed by atoms with Crippen molar-refractivity contribution < 1.29 is 4.74 Å². The fraction of sp³-hybridized carbons (Fsp3) is 0.625. The van der Waals surface area contributed by atoms with Crippen LogP contribution in [0, 0.1) is 0 Å².